The highest BCUT2D eigenvalue weighted by molar-refractivity contribution is 5.85. The minimum Gasteiger partial charge on any atom is -0.454 e. The van der Waals surface area contributed by atoms with E-state index in [1.54, 1.807) is 7.05 Å². The van der Waals surface area contributed by atoms with Crippen LogP contribution in [0, 0.1) is 0 Å². The van der Waals surface area contributed by atoms with Gasteiger partial charge in [0.05, 0.1) is 5.54 Å². The Bertz CT molecular complexity index is 500. The summed E-state index contributed by atoms with van der Waals surface area (Å²) in [5, 5.41) is 3.05. The second-order valence-corrected chi connectivity index (χ2v) is 5.38. The zero-order valence-electron chi connectivity index (χ0n) is 12.5. The summed E-state index contributed by atoms with van der Waals surface area (Å²) in [5.74, 6) is 1.60. The van der Waals surface area contributed by atoms with Gasteiger partial charge in [-0.2, -0.15) is 0 Å². The Balaban J connectivity index is 2.12. The van der Waals surface area contributed by atoms with Crippen LogP contribution in [0.1, 0.15) is 26.3 Å². The molecule has 20 heavy (non-hydrogen) atoms. The van der Waals surface area contributed by atoms with E-state index in [-0.39, 0.29) is 12.7 Å². The lowest BCUT2D eigenvalue weighted by Gasteiger charge is -2.31. The van der Waals surface area contributed by atoms with Crippen molar-refractivity contribution < 1.29 is 14.3 Å². The van der Waals surface area contributed by atoms with Crippen LogP contribution in [0.25, 0.3) is 0 Å². The van der Waals surface area contributed by atoms with E-state index >= 15 is 0 Å². The van der Waals surface area contributed by atoms with Crippen LogP contribution in [0.2, 0.25) is 0 Å². The number of ether oxygens (including phenoxy) is 2. The Hall–Kier alpha value is -1.75. The highest BCUT2D eigenvalue weighted by atomic mass is 16.7. The molecular formula is C15H22N2O3. The number of likely N-dealkylation sites (N-methyl/N-ethyl adjacent to an activating group) is 2. The largest absolute Gasteiger partial charge is 0.454 e. The summed E-state index contributed by atoms with van der Waals surface area (Å²) in [4.78, 5) is 14.3. The molecule has 1 aromatic rings. The van der Waals surface area contributed by atoms with Crippen LogP contribution in [0.15, 0.2) is 18.2 Å². The molecule has 2 rings (SSSR count). The van der Waals surface area contributed by atoms with Crippen molar-refractivity contribution in [2.45, 2.75) is 32.9 Å². The van der Waals surface area contributed by atoms with E-state index in [9.17, 15) is 4.79 Å². The summed E-state index contributed by atoms with van der Waals surface area (Å²) in [6, 6.07) is 5.79. The summed E-state index contributed by atoms with van der Waals surface area (Å²) in [5.41, 5.74) is 0.475. The first-order valence-corrected chi connectivity index (χ1v) is 6.84. The number of benzene rings is 1. The fourth-order valence-electron chi connectivity index (χ4n) is 2.09. The first kappa shape index (κ1) is 14.7. The summed E-state index contributed by atoms with van der Waals surface area (Å²) >= 11 is 0. The van der Waals surface area contributed by atoms with Crippen molar-refractivity contribution in [1.29, 1.82) is 0 Å². The van der Waals surface area contributed by atoms with Crippen LogP contribution in [0.3, 0.4) is 0 Å². The molecule has 0 radical (unpaired) electrons. The van der Waals surface area contributed by atoms with Crippen molar-refractivity contribution in [2.24, 2.45) is 0 Å². The summed E-state index contributed by atoms with van der Waals surface area (Å²) in [7, 11) is 1.80. The number of amides is 1. The number of fused-ring (bicyclic) bond motifs is 1. The van der Waals surface area contributed by atoms with E-state index in [1.807, 2.05) is 43.9 Å². The highest BCUT2D eigenvalue weighted by Gasteiger charge is 2.29. The van der Waals surface area contributed by atoms with Crippen LogP contribution in [-0.4, -0.2) is 36.7 Å². The third-order valence-electron chi connectivity index (χ3n) is 3.64. The van der Waals surface area contributed by atoms with Gasteiger partial charge in [-0.05, 0) is 45.5 Å². The zero-order chi connectivity index (χ0) is 14.8. The lowest BCUT2D eigenvalue weighted by molar-refractivity contribution is -0.137. The maximum atomic E-state index is 12.5. The fraction of sp³-hybridized carbons (Fsp3) is 0.533. The monoisotopic (exact) mass is 278 g/mol. The van der Waals surface area contributed by atoms with Crippen molar-refractivity contribution in [3.8, 4) is 11.5 Å². The molecule has 0 saturated heterocycles. The minimum absolute atomic E-state index is 0.0835. The summed E-state index contributed by atoms with van der Waals surface area (Å²) in [6.45, 7) is 7.25. The van der Waals surface area contributed by atoms with Crippen LogP contribution in [0.5, 0.6) is 11.5 Å². The molecule has 1 aliphatic rings. The fourth-order valence-corrected chi connectivity index (χ4v) is 2.09. The molecule has 0 spiro atoms. The molecule has 1 aliphatic heterocycles. The summed E-state index contributed by atoms with van der Waals surface area (Å²) in [6.07, 6.45) is 0. The predicted molar refractivity (Wildman–Crippen MR) is 76.8 cm³/mol. The van der Waals surface area contributed by atoms with Crippen LogP contribution in [0.4, 0.5) is 0 Å². The van der Waals surface area contributed by atoms with Gasteiger partial charge in [0.15, 0.2) is 11.5 Å². The number of nitrogens with one attached hydrogen (secondary N) is 1. The molecule has 0 saturated carbocycles. The predicted octanol–water partition coefficient (Wildman–Crippen LogP) is 1.76. The topological polar surface area (TPSA) is 50.8 Å². The molecule has 1 aromatic carbocycles. The minimum atomic E-state index is -0.563. The SMILES string of the molecule is CCN(Cc1ccc2c(c1)OCO2)C(=O)C(C)(C)NC. The van der Waals surface area contributed by atoms with Gasteiger partial charge in [0.25, 0.3) is 0 Å². The second kappa shape index (κ2) is 5.71. The average molecular weight is 278 g/mol. The highest BCUT2D eigenvalue weighted by Crippen LogP contribution is 2.32. The van der Waals surface area contributed by atoms with Crippen LogP contribution in [-0.2, 0) is 11.3 Å². The molecule has 0 bridgehead atoms. The number of hydrogen-bond acceptors (Lipinski definition) is 4. The molecule has 5 heteroatoms. The third kappa shape index (κ3) is 2.88. The number of hydrogen-bond donors (Lipinski definition) is 1. The zero-order valence-corrected chi connectivity index (χ0v) is 12.5. The molecule has 1 N–H and O–H groups in total. The molecule has 5 nitrogen and oxygen atoms in total. The van der Waals surface area contributed by atoms with Gasteiger partial charge >= 0.3 is 0 Å². The van der Waals surface area contributed by atoms with Gasteiger partial charge in [-0.1, -0.05) is 6.07 Å². The Morgan fingerprint density at radius 3 is 2.70 bits per heavy atom. The first-order valence-electron chi connectivity index (χ1n) is 6.84. The van der Waals surface area contributed by atoms with Gasteiger partial charge in [-0.3, -0.25) is 4.79 Å². The number of rotatable bonds is 5. The van der Waals surface area contributed by atoms with E-state index < -0.39 is 5.54 Å². The lowest BCUT2D eigenvalue weighted by atomic mass is 10.0. The Morgan fingerprint density at radius 1 is 1.35 bits per heavy atom. The van der Waals surface area contributed by atoms with Crippen LogP contribution >= 0.6 is 0 Å². The quantitative estimate of drug-likeness (QED) is 0.891. The third-order valence-corrected chi connectivity index (χ3v) is 3.64. The normalized spacial score (nSPS) is 13.4. The van der Waals surface area contributed by atoms with E-state index in [4.69, 9.17) is 9.47 Å². The Labute approximate surface area is 119 Å². The number of nitrogens with zero attached hydrogens (tertiary/aromatic N) is 1. The first-order chi connectivity index (χ1) is 9.47. The van der Waals surface area contributed by atoms with Gasteiger partial charge in [-0.25, -0.2) is 0 Å². The number of carbonyl (C=O) groups is 1. The van der Waals surface area contributed by atoms with Gasteiger partial charge in [0, 0.05) is 13.1 Å². The molecule has 0 fully saturated rings. The molecule has 1 heterocycles. The number of carbonyl (C=O) groups excluding carboxylic acids is 1. The van der Waals surface area contributed by atoms with Crippen molar-refractivity contribution in [3.05, 3.63) is 23.8 Å². The van der Waals surface area contributed by atoms with E-state index in [2.05, 4.69) is 5.32 Å². The molecule has 0 unspecified atom stereocenters. The molecule has 0 aliphatic carbocycles. The lowest BCUT2D eigenvalue weighted by Crippen LogP contribution is -2.52. The van der Waals surface area contributed by atoms with Gasteiger partial charge in [-0.15, -0.1) is 0 Å². The summed E-state index contributed by atoms with van der Waals surface area (Å²) < 4.78 is 10.7. The maximum absolute atomic E-state index is 12.5. The average Bonchev–Trinajstić information content (AvgIpc) is 2.91. The smallest absolute Gasteiger partial charge is 0.242 e. The van der Waals surface area contributed by atoms with Gasteiger partial charge in [0.1, 0.15) is 0 Å². The van der Waals surface area contributed by atoms with Gasteiger partial charge < -0.3 is 19.7 Å². The second-order valence-electron chi connectivity index (χ2n) is 5.38. The van der Waals surface area contributed by atoms with Crippen LogP contribution < -0.4 is 14.8 Å². The van der Waals surface area contributed by atoms with Gasteiger partial charge in [0.2, 0.25) is 12.7 Å². The molecular weight excluding hydrogens is 256 g/mol. The molecule has 0 aromatic heterocycles. The Kier molecular flexibility index (Phi) is 4.18. The van der Waals surface area contributed by atoms with Crippen molar-refractivity contribution in [2.75, 3.05) is 20.4 Å². The molecule has 1 amide bonds. The van der Waals surface area contributed by atoms with Crippen molar-refractivity contribution >= 4 is 5.91 Å². The Morgan fingerprint density at radius 2 is 2.05 bits per heavy atom. The maximum Gasteiger partial charge on any atom is 0.242 e. The van der Waals surface area contributed by atoms with E-state index in [0.29, 0.717) is 13.1 Å². The van der Waals surface area contributed by atoms with Crippen molar-refractivity contribution in [3.63, 3.8) is 0 Å². The molecule has 110 valence electrons. The van der Waals surface area contributed by atoms with Crippen molar-refractivity contribution in [1.82, 2.24) is 10.2 Å². The standard InChI is InChI=1S/C15H22N2O3/c1-5-17(14(18)15(2,3)16-4)9-11-6-7-12-13(8-11)20-10-19-12/h6-8,16H,5,9-10H2,1-4H3. The molecule has 0 atom stereocenters. The van der Waals surface area contributed by atoms with E-state index in [1.165, 1.54) is 0 Å². The van der Waals surface area contributed by atoms with E-state index in [0.717, 1.165) is 17.1 Å².